The van der Waals surface area contributed by atoms with Gasteiger partial charge in [0.2, 0.25) is 5.91 Å². The average Bonchev–Trinajstić information content (AvgIpc) is 3.01. The summed E-state index contributed by atoms with van der Waals surface area (Å²) in [7, 11) is 0. The van der Waals surface area contributed by atoms with Gasteiger partial charge in [0, 0.05) is 31.6 Å². The Labute approximate surface area is 132 Å². The van der Waals surface area contributed by atoms with E-state index in [2.05, 4.69) is 5.32 Å². The van der Waals surface area contributed by atoms with Crippen molar-refractivity contribution in [2.24, 2.45) is 17.1 Å². The zero-order valence-electron chi connectivity index (χ0n) is 11.6. The molecular weight excluding hydrogens is 301 g/mol. The lowest BCUT2D eigenvalue weighted by molar-refractivity contribution is -0.136. The van der Waals surface area contributed by atoms with E-state index in [-0.39, 0.29) is 42.7 Å². The smallest absolute Gasteiger partial charge is 0.242 e. The van der Waals surface area contributed by atoms with Crippen LogP contribution in [-0.2, 0) is 4.79 Å². The van der Waals surface area contributed by atoms with E-state index in [1.54, 1.807) is 0 Å². The minimum absolute atomic E-state index is 0. The van der Waals surface area contributed by atoms with Crippen molar-refractivity contribution in [3.8, 4) is 0 Å². The molecule has 7 heteroatoms. The Morgan fingerprint density at radius 2 is 2.00 bits per heavy atom. The van der Waals surface area contributed by atoms with E-state index >= 15 is 0 Å². The van der Waals surface area contributed by atoms with E-state index in [9.17, 15) is 9.90 Å². The highest BCUT2D eigenvalue weighted by Gasteiger charge is 2.53. The lowest BCUT2D eigenvalue weighted by Gasteiger charge is -2.30. The number of nitrogens with zero attached hydrogens (tertiary/aromatic N) is 1. The second kappa shape index (κ2) is 6.36. The molecule has 2 unspecified atom stereocenters. The molecule has 2 saturated heterocycles. The molecule has 3 aliphatic rings. The van der Waals surface area contributed by atoms with Crippen molar-refractivity contribution in [2.45, 2.75) is 31.2 Å². The van der Waals surface area contributed by atoms with Gasteiger partial charge in [-0.2, -0.15) is 0 Å². The number of likely N-dealkylation sites (tertiary alicyclic amines) is 1. The van der Waals surface area contributed by atoms with Gasteiger partial charge in [0.15, 0.2) is 0 Å². The van der Waals surface area contributed by atoms with Gasteiger partial charge in [0.05, 0.1) is 12.1 Å². The number of hydrogen-bond donors (Lipinski definition) is 3. The average molecular weight is 326 g/mol. The highest BCUT2D eigenvalue weighted by Crippen LogP contribution is 2.40. The molecule has 1 aliphatic carbocycles. The maximum atomic E-state index is 12.6. The first-order valence-electron chi connectivity index (χ1n) is 7.00. The van der Waals surface area contributed by atoms with Crippen LogP contribution in [0.2, 0.25) is 0 Å². The predicted octanol–water partition coefficient (Wildman–Crippen LogP) is 0.142. The van der Waals surface area contributed by atoms with Crippen LogP contribution in [0.5, 0.6) is 0 Å². The molecule has 20 heavy (non-hydrogen) atoms. The molecule has 3 rings (SSSR count). The molecule has 118 valence electrons. The summed E-state index contributed by atoms with van der Waals surface area (Å²) >= 11 is 0. The molecule has 4 N–H and O–H groups in total. The number of fused-ring (bicyclic) bond motifs is 1. The second-order valence-corrected chi connectivity index (χ2v) is 6.40. The van der Waals surface area contributed by atoms with E-state index in [4.69, 9.17) is 5.73 Å². The summed E-state index contributed by atoms with van der Waals surface area (Å²) in [5, 5.41) is 13.0. The molecule has 2 aliphatic heterocycles. The largest absolute Gasteiger partial charge is 0.396 e. The Morgan fingerprint density at radius 1 is 1.35 bits per heavy atom. The number of amides is 1. The molecule has 0 bridgehead atoms. The van der Waals surface area contributed by atoms with Crippen LogP contribution in [0.15, 0.2) is 0 Å². The molecule has 0 spiro atoms. The first-order chi connectivity index (χ1) is 8.60. The van der Waals surface area contributed by atoms with Gasteiger partial charge in [-0.1, -0.05) is 12.8 Å². The summed E-state index contributed by atoms with van der Waals surface area (Å²) in [6.07, 6.45) is 3.76. The number of aliphatic hydroxyl groups excluding tert-OH is 1. The number of aliphatic hydroxyl groups is 1. The van der Waals surface area contributed by atoms with Crippen molar-refractivity contribution < 1.29 is 9.90 Å². The van der Waals surface area contributed by atoms with Gasteiger partial charge < -0.3 is 21.1 Å². The fraction of sp³-hybridized carbons (Fsp3) is 0.923. The zero-order chi connectivity index (χ0) is 12.8. The van der Waals surface area contributed by atoms with Crippen molar-refractivity contribution in [3.63, 3.8) is 0 Å². The number of nitrogens with one attached hydrogen (secondary N) is 1. The van der Waals surface area contributed by atoms with Gasteiger partial charge in [-0.3, -0.25) is 4.79 Å². The van der Waals surface area contributed by atoms with Gasteiger partial charge in [-0.15, -0.1) is 24.8 Å². The fourth-order valence-electron chi connectivity index (χ4n) is 3.93. The van der Waals surface area contributed by atoms with Crippen molar-refractivity contribution >= 4 is 30.7 Å². The molecule has 1 amide bonds. The SMILES string of the molecule is Cl.Cl.NC1(C(=O)N2CC3CNCC3(CO)C2)CCCC1. The van der Waals surface area contributed by atoms with E-state index in [1.165, 1.54) is 0 Å². The fourth-order valence-corrected chi connectivity index (χ4v) is 3.93. The molecule has 0 aromatic carbocycles. The Hall–Kier alpha value is -0.0700. The van der Waals surface area contributed by atoms with E-state index in [0.717, 1.165) is 45.3 Å². The van der Waals surface area contributed by atoms with Crippen LogP contribution in [0.1, 0.15) is 25.7 Å². The standard InChI is InChI=1S/C13H23N3O2.2ClH/c14-13(3-1-2-4-13)11(18)16-6-10-5-15-7-12(10,8-16)9-17;;/h10,15,17H,1-9,14H2;2*1H. The predicted molar refractivity (Wildman–Crippen MR) is 82.3 cm³/mol. The quantitative estimate of drug-likeness (QED) is 0.675. The van der Waals surface area contributed by atoms with Crippen LogP contribution in [-0.4, -0.2) is 54.2 Å². The topological polar surface area (TPSA) is 78.6 Å². The molecule has 1 saturated carbocycles. The number of hydrogen-bond acceptors (Lipinski definition) is 4. The lowest BCUT2D eigenvalue weighted by Crippen LogP contribution is -2.53. The normalized spacial score (nSPS) is 34.3. The summed E-state index contributed by atoms with van der Waals surface area (Å²) < 4.78 is 0. The number of rotatable bonds is 2. The number of halogens is 2. The number of carbonyl (C=O) groups excluding carboxylic acids is 1. The van der Waals surface area contributed by atoms with Crippen LogP contribution in [0.25, 0.3) is 0 Å². The van der Waals surface area contributed by atoms with Crippen LogP contribution >= 0.6 is 24.8 Å². The monoisotopic (exact) mass is 325 g/mol. The van der Waals surface area contributed by atoms with E-state index in [0.29, 0.717) is 12.5 Å². The Bertz CT molecular complexity index is 364. The molecule has 2 atom stereocenters. The molecule has 0 aromatic heterocycles. The lowest BCUT2D eigenvalue weighted by atomic mass is 9.82. The Balaban J connectivity index is 0.000001000. The van der Waals surface area contributed by atoms with Gasteiger partial charge in [0.1, 0.15) is 0 Å². The van der Waals surface area contributed by atoms with Gasteiger partial charge >= 0.3 is 0 Å². The van der Waals surface area contributed by atoms with Crippen molar-refractivity contribution in [2.75, 3.05) is 32.8 Å². The molecule has 3 fully saturated rings. The summed E-state index contributed by atoms with van der Waals surface area (Å²) in [5.41, 5.74) is 5.51. The van der Waals surface area contributed by atoms with E-state index in [1.807, 2.05) is 4.90 Å². The summed E-state index contributed by atoms with van der Waals surface area (Å²) in [6.45, 7) is 3.30. The second-order valence-electron chi connectivity index (χ2n) is 6.40. The summed E-state index contributed by atoms with van der Waals surface area (Å²) in [6, 6.07) is 0. The van der Waals surface area contributed by atoms with Crippen molar-refractivity contribution in [3.05, 3.63) is 0 Å². The maximum absolute atomic E-state index is 12.6. The zero-order valence-corrected chi connectivity index (χ0v) is 13.3. The first kappa shape index (κ1) is 18.0. The summed E-state index contributed by atoms with van der Waals surface area (Å²) in [4.78, 5) is 14.5. The van der Waals surface area contributed by atoms with Gasteiger partial charge in [-0.25, -0.2) is 0 Å². The van der Waals surface area contributed by atoms with Crippen LogP contribution in [0.3, 0.4) is 0 Å². The number of carbonyl (C=O) groups is 1. The third-order valence-electron chi connectivity index (χ3n) is 5.20. The molecule has 5 nitrogen and oxygen atoms in total. The van der Waals surface area contributed by atoms with Crippen molar-refractivity contribution in [1.29, 1.82) is 0 Å². The molecular formula is C13H25Cl2N3O2. The first-order valence-corrected chi connectivity index (χ1v) is 7.00. The minimum atomic E-state index is -0.622. The highest BCUT2D eigenvalue weighted by atomic mass is 35.5. The third-order valence-corrected chi connectivity index (χ3v) is 5.20. The highest BCUT2D eigenvalue weighted by molar-refractivity contribution is 5.87. The van der Waals surface area contributed by atoms with Crippen LogP contribution < -0.4 is 11.1 Å². The van der Waals surface area contributed by atoms with Crippen molar-refractivity contribution in [1.82, 2.24) is 10.2 Å². The maximum Gasteiger partial charge on any atom is 0.242 e. The van der Waals surface area contributed by atoms with Gasteiger partial charge in [-0.05, 0) is 18.8 Å². The Kier molecular flexibility index (Phi) is 5.72. The summed E-state index contributed by atoms with van der Waals surface area (Å²) in [5.74, 6) is 0.499. The third kappa shape index (κ3) is 2.66. The molecule has 0 radical (unpaired) electrons. The Morgan fingerprint density at radius 3 is 2.55 bits per heavy atom. The molecule has 2 heterocycles. The number of nitrogens with two attached hydrogens (primary N) is 1. The van der Waals surface area contributed by atoms with E-state index < -0.39 is 5.54 Å². The van der Waals surface area contributed by atoms with Gasteiger partial charge in [0.25, 0.3) is 0 Å². The molecule has 0 aromatic rings. The van der Waals surface area contributed by atoms with Crippen LogP contribution in [0, 0.1) is 11.3 Å². The van der Waals surface area contributed by atoms with Crippen LogP contribution in [0.4, 0.5) is 0 Å². The minimum Gasteiger partial charge on any atom is -0.396 e.